The lowest BCUT2D eigenvalue weighted by molar-refractivity contribution is -0.741. The van der Waals surface area contributed by atoms with Gasteiger partial charge in [0, 0.05) is 5.56 Å². The third kappa shape index (κ3) is 2.52. The van der Waals surface area contributed by atoms with E-state index >= 15 is 0 Å². The molecule has 4 rings (SSSR count). The SMILES string of the molecule is Cc1cc(-c2c(C)cccc2C)ncc1-n1c2ccccc2c[n+]1C. The number of nitrogens with zero attached hydrogens (tertiary/aromatic N) is 3. The van der Waals surface area contributed by atoms with E-state index in [1.54, 1.807) is 0 Å². The first-order chi connectivity index (χ1) is 12.1. The maximum absolute atomic E-state index is 4.80. The van der Waals surface area contributed by atoms with Gasteiger partial charge in [-0.05, 0) is 55.7 Å². The van der Waals surface area contributed by atoms with E-state index in [0.717, 1.165) is 11.4 Å². The Bertz CT molecular complexity index is 1070. The standard InChI is InChI=1S/C22H22N3/c1-15-8-7-9-16(2)22(15)19-12-17(3)21(13-23-19)25-20-11-6-5-10-18(20)14-24(25)4/h5-14H,1-4H3/q+1. The second kappa shape index (κ2) is 5.85. The number of benzene rings is 2. The highest BCUT2D eigenvalue weighted by molar-refractivity contribution is 5.79. The van der Waals surface area contributed by atoms with E-state index in [9.17, 15) is 0 Å². The van der Waals surface area contributed by atoms with E-state index in [1.165, 1.54) is 33.2 Å². The molecule has 0 unspecified atom stereocenters. The highest BCUT2D eigenvalue weighted by Gasteiger charge is 2.17. The summed E-state index contributed by atoms with van der Waals surface area (Å²) in [5.74, 6) is 0. The second-order valence-corrected chi connectivity index (χ2v) is 6.70. The summed E-state index contributed by atoms with van der Waals surface area (Å²) >= 11 is 0. The molecular formula is C22H22N3+. The van der Waals surface area contributed by atoms with Crippen molar-refractivity contribution < 1.29 is 4.68 Å². The van der Waals surface area contributed by atoms with Crippen LogP contribution in [0.25, 0.3) is 27.8 Å². The molecule has 0 fully saturated rings. The van der Waals surface area contributed by atoms with Gasteiger partial charge >= 0.3 is 0 Å². The maximum Gasteiger partial charge on any atom is 0.203 e. The summed E-state index contributed by atoms with van der Waals surface area (Å²) in [6.45, 7) is 6.45. The van der Waals surface area contributed by atoms with Crippen molar-refractivity contribution in [2.24, 2.45) is 7.05 Å². The van der Waals surface area contributed by atoms with Crippen molar-refractivity contribution >= 4 is 10.9 Å². The van der Waals surface area contributed by atoms with Crippen LogP contribution in [0.3, 0.4) is 0 Å². The molecule has 2 aromatic heterocycles. The van der Waals surface area contributed by atoms with Crippen molar-refractivity contribution in [3.05, 3.63) is 77.6 Å². The largest absolute Gasteiger partial charge is 0.254 e. The third-order valence-electron chi connectivity index (χ3n) is 4.85. The first-order valence-electron chi connectivity index (χ1n) is 8.56. The molecule has 0 aliphatic heterocycles. The summed E-state index contributed by atoms with van der Waals surface area (Å²) in [6, 6.07) is 17.0. The Hall–Kier alpha value is -2.94. The molecule has 25 heavy (non-hydrogen) atoms. The normalized spacial score (nSPS) is 11.2. The van der Waals surface area contributed by atoms with Crippen LogP contribution in [0.15, 0.2) is 60.9 Å². The smallest absolute Gasteiger partial charge is 0.203 e. The van der Waals surface area contributed by atoms with Crippen LogP contribution in [0.2, 0.25) is 0 Å². The van der Waals surface area contributed by atoms with Gasteiger partial charge < -0.3 is 0 Å². The van der Waals surface area contributed by atoms with Crippen molar-refractivity contribution in [3.8, 4) is 16.9 Å². The van der Waals surface area contributed by atoms with E-state index in [-0.39, 0.29) is 0 Å². The summed E-state index contributed by atoms with van der Waals surface area (Å²) in [5.41, 5.74) is 8.31. The molecule has 0 bridgehead atoms. The minimum absolute atomic E-state index is 1.04. The molecule has 0 aliphatic carbocycles. The number of aryl methyl sites for hydroxylation is 4. The fourth-order valence-corrected chi connectivity index (χ4v) is 3.64. The van der Waals surface area contributed by atoms with Gasteiger partial charge in [0.1, 0.15) is 11.2 Å². The summed E-state index contributed by atoms with van der Waals surface area (Å²) in [5, 5.41) is 1.23. The molecule has 0 amide bonds. The predicted octanol–water partition coefficient (Wildman–Crippen LogP) is 4.44. The van der Waals surface area contributed by atoms with E-state index in [2.05, 4.69) is 91.9 Å². The van der Waals surface area contributed by atoms with Gasteiger partial charge in [-0.3, -0.25) is 4.98 Å². The fraction of sp³-hybridized carbons (Fsp3) is 0.182. The Labute approximate surface area is 148 Å². The zero-order chi connectivity index (χ0) is 17.6. The molecule has 0 spiro atoms. The van der Waals surface area contributed by atoms with Gasteiger partial charge in [0.05, 0.1) is 17.3 Å². The predicted molar refractivity (Wildman–Crippen MR) is 102 cm³/mol. The van der Waals surface area contributed by atoms with E-state index in [1.807, 2.05) is 6.20 Å². The van der Waals surface area contributed by atoms with Gasteiger partial charge in [-0.1, -0.05) is 30.3 Å². The van der Waals surface area contributed by atoms with Crippen LogP contribution in [-0.2, 0) is 7.05 Å². The van der Waals surface area contributed by atoms with E-state index < -0.39 is 0 Å². The maximum atomic E-state index is 4.80. The highest BCUT2D eigenvalue weighted by atomic mass is 15.4. The molecule has 0 aliphatic rings. The number of fused-ring (bicyclic) bond motifs is 1. The Morgan fingerprint density at radius 1 is 0.880 bits per heavy atom. The molecular weight excluding hydrogens is 306 g/mol. The quantitative estimate of drug-likeness (QED) is 0.499. The number of rotatable bonds is 2. The second-order valence-electron chi connectivity index (χ2n) is 6.70. The Kier molecular flexibility index (Phi) is 3.65. The monoisotopic (exact) mass is 328 g/mol. The van der Waals surface area contributed by atoms with Crippen LogP contribution in [-0.4, -0.2) is 9.67 Å². The van der Waals surface area contributed by atoms with Crippen LogP contribution < -0.4 is 4.68 Å². The van der Waals surface area contributed by atoms with Crippen LogP contribution in [0.1, 0.15) is 16.7 Å². The first kappa shape index (κ1) is 15.6. The summed E-state index contributed by atoms with van der Waals surface area (Å²) < 4.78 is 4.33. The summed E-state index contributed by atoms with van der Waals surface area (Å²) in [4.78, 5) is 4.80. The number of pyridine rings is 1. The molecule has 0 radical (unpaired) electrons. The van der Waals surface area contributed by atoms with Crippen LogP contribution in [0, 0.1) is 20.8 Å². The van der Waals surface area contributed by atoms with Crippen LogP contribution in [0.4, 0.5) is 0 Å². The van der Waals surface area contributed by atoms with E-state index in [4.69, 9.17) is 4.98 Å². The zero-order valence-corrected chi connectivity index (χ0v) is 15.1. The number of hydrogen-bond acceptors (Lipinski definition) is 1. The minimum Gasteiger partial charge on any atom is -0.254 e. The molecule has 2 aromatic carbocycles. The zero-order valence-electron chi connectivity index (χ0n) is 15.1. The molecule has 0 N–H and O–H groups in total. The number of hydrogen-bond donors (Lipinski definition) is 0. The molecule has 0 saturated carbocycles. The molecule has 2 heterocycles. The van der Waals surface area contributed by atoms with Crippen LogP contribution in [0.5, 0.6) is 0 Å². The summed E-state index contributed by atoms with van der Waals surface area (Å²) in [7, 11) is 2.07. The van der Waals surface area contributed by atoms with Gasteiger partial charge in [0.15, 0.2) is 7.05 Å². The Morgan fingerprint density at radius 2 is 1.60 bits per heavy atom. The molecule has 124 valence electrons. The molecule has 4 aromatic rings. The fourth-order valence-electron chi connectivity index (χ4n) is 3.64. The average Bonchev–Trinajstić information content (AvgIpc) is 2.91. The van der Waals surface area contributed by atoms with Crippen molar-refractivity contribution in [3.63, 3.8) is 0 Å². The number of aromatic nitrogens is 3. The molecule has 3 nitrogen and oxygen atoms in total. The van der Waals surface area contributed by atoms with E-state index in [0.29, 0.717) is 0 Å². The van der Waals surface area contributed by atoms with Gasteiger partial charge in [-0.2, -0.15) is 0 Å². The van der Waals surface area contributed by atoms with Crippen LogP contribution >= 0.6 is 0 Å². The molecule has 3 heteroatoms. The lowest BCUT2D eigenvalue weighted by atomic mass is 9.98. The molecule has 0 atom stereocenters. The van der Waals surface area contributed by atoms with Crippen molar-refractivity contribution in [2.75, 3.05) is 0 Å². The summed E-state index contributed by atoms with van der Waals surface area (Å²) in [6.07, 6.45) is 4.14. The third-order valence-corrected chi connectivity index (χ3v) is 4.85. The minimum atomic E-state index is 1.04. The van der Waals surface area contributed by atoms with Gasteiger partial charge in [0.25, 0.3) is 0 Å². The van der Waals surface area contributed by atoms with Crippen molar-refractivity contribution in [2.45, 2.75) is 20.8 Å². The van der Waals surface area contributed by atoms with Crippen molar-refractivity contribution in [1.29, 1.82) is 0 Å². The van der Waals surface area contributed by atoms with Gasteiger partial charge in [-0.25, -0.2) is 0 Å². The van der Waals surface area contributed by atoms with Gasteiger partial charge in [0.2, 0.25) is 6.20 Å². The Morgan fingerprint density at radius 3 is 2.32 bits per heavy atom. The lowest BCUT2D eigenvalue weighted by Gasteiger charge is -2.12. The average molecular weight is 328 g/mol. The first-order valence-corrected chi connectivity index (χ1v) is 8.56. The highest BCUT2D eigenvalue weighted by Crippen LogP contribution is 2.28. The molecule has 0 saturated heterocycles. The number of para-hydroxylation sites is 1. The lowest BCUT2D eigenvalue weighted by Crippen LogP contribution is -2.37. The van der Waals surface area contributed by atoms with Crippen molar-refractivity contribution in [1.82, 2.24) is 9.67 Å². The topological polar surface area (TPSA) is 21.7 Å². The van der Waals surface area contributed by atoms with Gasteiger partial charge in [-0.15, -0.1) is 9.36 Å². The Balaban J connectivity index is 1.90.